The molecule has 24 heavy (non-hydrogen) atoms. The summed E-state index contributed by atoms with van der Waals surface area (Å²) in [4.78, 5) is 29.7. The zero-order chi connectivity index (χ0) is 17.1. The average molecular weight is 349 g/mol. The normalized spacial score (nSPS) is 17.9. The van der Waals surface area contributed by atoms with Gasteiger partial charge in [-0.15, -0.1) is 16.4 Å². The van der Waals surface area contributed by atoms with Gasteiger partial charge in [0.1, 0.15) is 6.54 Å². The van der Waals surface area contributed by atoms with E-state index in [4.69, 9.17) is 5.11 Å². The first-order valence-electron chi connectivity index (χ1n) is 7.92. The van der Waals surface area contributed by atoms with Gasteiger partial charge < -0.3 is 10.0 Å². The second-order valence-corrected chi connectivity index (χ2v) is 6.71. The van der Waals surface area contributed by atoms with Crippen LogP contribution < -0.4 is 0 Å². The van der Waals surface area contributed by atoms with Crippen molar-refractivity contribution in [3.8, 4) is 0 Å². The SMILES string of the molecule is CCc1csc(C2CCCN(C(=O)Cn3cc(C(=O)O)nn3)C2)n1. The van der Waals surface area contributed by atoms with E-state index in [1.54, 1.807) is 11.3 Å². The smallest absolute Gasteiger partial charge is 0.358 e. The minimum atomic E-state index is -1.15. The highest BCUT2D eigenvalue weighted by molar-refractivity contribution is 7.09. The molecule has 1 aliphatic rings. The molecule has 1 aliphatic heterocycles. The molecule has 1 unspecified atom stereocenters. The Kier molecular flexibility index (Phi) is 4.89. The summed E-state index contributed by atoms with van der Waals surface area (Å²) in [5, 5.41) is 19.2. The van der Waals surface area contributed by atoms with Crippen LogP contribution in [-0.2, 0) is 17.8 Å². The molecule has 1 fully saturated rings. The van der Waals surface area contributed by atoms with Crippen LogP contribution in [0.5, 0.6) is 0 Å². The Morgan fingerprint density at radius 3 is 2.96 bits per heavy atom. The van der Waals surface area contributed by atoms with Gasteiger partial charge in [0, 0.05) is 24.4 Å². The standard InChI is InChI=1S/C15H19N5O3S/c1-2-11-9-24-14(16-11)10-4-3-5-19(6-10)13(21)8-20-7-12(15(22)23)17-18-20/h7,9-10H,2-6,8H2,1H3,(H,22,23). The Balaban J connectivity index is 1.63. The minimum Gasteiger partial charge on any atom is -0.476 e. The molecule has 2 aromatic heterocycles. The number of hydrogen-bond acceptors (Lipinski definition) is 6. The van der Waals surface area contributed by atoms with Gasteiger partial charge in [0.2, 0.25) is 5.91 Å². The van der Waals surface area contributed by atoms with Gasteiger partial charge in [0.05, 0.1) is 16.9 Å². The fraction of sp³-hybridized carbons (Fsp3) is 0.533. The van der Waals surface area contributed by atoms with Crippen LogP contribution in [0.3, 0.4) is 0 Å². The van der Waals surface area contributed by atoms with Crippen molar-refractivity contribution in [1.82, 2.24) is 24.9 Å². The molecule has 3 heterocycles. The lowest BCUT2D eigenvalue weighted by atomic mass is 9.98. The van der Waals surface area contributed by atoms with Crippen molar-refractivity contribution < 1.29 is 14.7 Å². The van der Waals surface area contributed by atoms with Crippen LogP contribution in [0.15, 0.2) is 11.6 Å². The van der Waals surface area contributed by atoms with E-state index < -0.39 is 5.97 Å². The van der Waals surface area contributed by atoms with E-state index in [-0.39, 0.29) is 24.1 Å². The molecule has 1 N–H and O–H groups in total. The zero-order valence-corrected chi connectivity index (χ0v) is 14.2. The van der Waals surface area contributed by atoms with Crippen LogP contribution in [0.1, 0.15) is 46.9 Å². The van der Waals surface area contributed by atoms with Gasteiger partial charge in [-0.05, 0) is 19.3 Å². The molecular formula is C15H19N5O3S. The largest absolute Gasteiger partial charge is 0.476 e. The number of nitrogens with zero attached hydrogens (tertiary/aromatic N) is 5. The van der Waals surface area contributed by atoms with Crippen LogP contribution in [-0.4, -0.2) is 55.0 Å². The third-order valence-electron chi connectivity index (χ3n) is 4.11. The molecule has 1 atom stereocenters. The van der Waals surface area contributed by atoms with Crippen molar-refractivity contribution in [2.75, 3.05) is 13.1 Å². The summed E-state index contributed by atoms with van der Waals surface area (Å²) in [6.45, 7) is 3.45. The molecule has 0 bridgehead atoms. The Bertz CT molecular complexity index is 741. The molecule has 0 aliphatic carbocycles. The van der Waals surface area contributed by atoms with Crippen molar-refractivity contribution in [1.29, 1.82) is 0 Å². The molecular weight excluding hydrogens is 330 g/mol. The predicted octanol–water partition coefficient (Wildman–Crippen LogP) is 1.40. The number of piperidine rings is 1. The molecule has 0 saturated carbocycles. The summed E-state index contributed by atoms with van der Waals surface area (Å²) in [6, 6.07) is 0. The van der Waals surface area contributed by atoms with E-state index in [0.717, 1.165) is 30.0 Å². The number of aryl methyl sites for hydroxylation is 1. The topological polar surface area (TPSA) is 101 Å². The van der Waals surface area contributed by atoms with Gasteiger partial charge in [-0.25, -0.2) is 14.5 Å². The molecule has 0 aromatic carbocycles. The second kappa shape index (κ2) is 7.08. The number of carbonyl (C=O) groups is 2. The minimum absolute atomic E-state index is 0.00504. The summed E-state index contributed by atoms with van der Waals surface area (Å²) >= 11 is 1.66. The number of aromatic nitrogens is 4. The van der Waals surface area contributed by atoms with E-state index in [1.165, 1.54) is 10.9 Å². The van der Waals surface area contributed by atoms with Crippen molar-refractivity contribution in [2.24, 2.45) is 0 Å². The van der Waals surface area contributed by atoms with Crippen molar-refractivity contribution in [3.05, 3.63) is 28.0 Å². The number of carboxylic acids is 1. The maximum absolute atomic E-state index is 12.5. The second-order valence-electron chi connectivity index (χ2n) is 5.82. The lowest BCUT2D eigenvalue weighted by Crippen LogP contribution is -2.40. The summed E-state index contributed by atoms with van der Waals surface area (Å²) < 4.78 is 1.27. The van der Waals surface area contributed by atoms with Gasteiger partial charge in [-0.2, -0.15) is 0 Å². The Labute approximate surface area is 143 Å². The molecule has 2 aromatic rings. The maximum Gasteiger partial charge on any atom is 0.358 e. The van der Waals surface area contributed by atoms with E-state index in [2.05, 4.69) is 27.6 Å². The fourth-order valence-corrected chi connectivity index (χ4v) is 3.82. The summed E-state index contributed by atoms with van der Waals surface area (Å²) in [5.41, 5.74) is 0.941. The van der Waals surface area contributed by atoms with Crippen LogP contribution in [0.4, 0.5) is 0 Å². The highest BCUT2D eigenvalue weighted by atomic mass is 32.1. The van der Waals surface area contributed by atoms with Crippen LogP contribution >= 0.6 is 11.3 Å². The highest BCUT2D eigenvalue weighted by Gasteiger charge is 2.27. The Morgan fingerprint density at radius 1 is 1.46 bits per heavy atom. The highest BCUT2D eigenvalue weighted by Crippen LogP contribution is 2.29. The number of carboxylic acid groups (broad SMARTS) is 1. The number of likely N-dealkylation sites (tertiary alicyclic amines) is 1. The first kappa shape index (κ1) is 16.6. The molecule has 8 nitrogen and oxygen atoms in total. The first-order chi connectivity index (χ1) is 11.6. The number of aromatic carboxylic acids is 1. The van der Waals surface area contributed by atoms with Crippen molar-refractivity contribution >= 4 is 23.2 Å². The number of carbonyl (C=O) groups excluding carboxylic acids is 1. The van der Waals surface area contributed by atoms with Crippen LogP contribution in [0, 0.1) is 0 Å². The fourth-order valence-electron chi connectivity index (χ4n) is 2.79. The van der Waals surface area contributed by atoms with Gasteiger partial charge in [0.15, 0.2) is 5.69 Å². The third-order valence-corrected chi connectivity index (χ3v) is 5.17. The van der Waals surface area contributed by atoms with E-state index >= 15 is 0 Å². The van der Waals surface area contributed by atoms with E-state index in [1.807, 2.05) is 4.90 Å². The quantitative estimate of drug-likeness (QED) is 0.875. The van der Waals surface area contributed by atoms with Crippen molar-refractivity contribution in [3.63, 3.8) is 0 Å². The predicted molar refractivity (Wildman–Crippen MR) is 87.0 cm³/mol. The molecule has 9 heteroatoms. The molecule has 0 radical (unpaired) electrons. The molecule has 1 amide bonds. The molecule has 0 spiro atoms. The summed E-state index contributed by atoms with van der Waals surface area (Å²) in [6.07, 6.45) is 4.17. The summed E-state index contributed by atoms with van der Waals surface area (Å²) in [5.74, 6) is -0.950. The summed E-state index contributed by atoms with van der Waals surface area (Å²) in [7, 11) is 0. The van der Waals surface area contributed by atoms with E-state index in [0.29, 0.717) is 13.1 Å². The Hall–Kier alpha value is -2.29. The third kappa shape index (κ3) is 3.61. The van der Waals surface area contributed by atoms with Gasteiger partial charge in [-0.1, -0.05) is 12.1 Å². The number of thiazole rings is 1. The molecule has 1 saturated heterocycles. The van der Waals surface area contributed by atoms with Crippen LogP contribution in [0.25, 0.3) is 0 Å². The van der Waals surface area contributed by atoms with Gasteiger partial charge in [0.25, 0.3) is 0 Å². The van der Waals surface area contributed by atoms with Gasteiger partial charge >= 0.3 is 5.97 Å². The monoisotopic (exact) mass is 349 g/mol. The Morgan fingerprint density at radius 2 is 2.29 bits per heavy atom. The number of hydrogen-bond donors (Lipinski definition) is 1. The van der Waals surface area contributed by atoms with Crippen LogP contribution in [0.2, 0.25) is 0 Å². The van der Waals surface area contributed by atoms with Gasteiger partial charge in [-0.3, -0.25) is 4.79 Å². The zero-order valence-electron chi connectivity index (χ0n) is 13.4. The van der Waals surface area contributed by atoms with E-state index in [9.17, 15) is 9.59 Å². The average Bonchev–Trinajstić information content (AvgIpc) is 3.24. The lowest BCUT2D eigenvalue weighted by molar-refractivity contribution is -0.133. The number of amides is 1. The molecule has 128 valence electrons. The van der Waals surface area contributed by atoms with Crippen molar-refractivity contribution in [2.45, 2.75) is 38.6 Å². The maximum atomic E-state index is 12.5. The first-order valence-corrected chi connectivity index (χ1v) is 8.80. The number of rotatable bonds is 5. The lowest BCUT2D eigenvalue weighted by Gasteiger charge is -2.31. The molecule has 3 rings (SSSR count).